The van der Waals surface area contributed by atoms with Crippen LogP contribution in [0.3, 0.4) is 0 Å². The van der Waals surface area contributed by atoms with Crippen molar-refractivity contribution in [1.82, 2.24) is 9.97 Å². The van der Waals surface area contributed by atoms with Gasteiger partial charge in [0.1, 0.15) is 0 Å². The van der Waals surface area contributed by atoms with Gasteiger partial charge in [0.25, 0.3) is 0 Å². The van der Waals surface area contributed by atoms with Gasteiger partial charge >= 0.3 is 11.1 Å². The number of nitrogens with one attached hydrogen (secondary N) is 2. The monoisotopic (exact) mass is 218 g/mol. The van der Waals surface area contributed by atoms with Crippen LogP contribution >= 0.6 is 0 Å². The lowest BCUT2D eigenvalue weighted by atomic mass is 9.97. The molecule has 84 valence electrons. The van der Waals surface area contributed by atoms with Crippen LogP contribution in [0.15, 0.2) is 9.59 Å². The number of aryl methyl sites for hydroxylation is 2. The third-order valence-corrected chi connectivity index (χ3v) is 3.37. The lowest BCUT2D eigenvalue weighted by Crippen LogP contribution is -2.29. The summed E-state index contributed by atoms with van der Waals surface area (Å²) in [4.78, 5) is 27.9. The molecule has 0 fully saturated rings. The average Bonchev–Trinajstić information content (AvgIpc) is 2.26. The predicted octanol–water partition coefficient (Wildman–Crippen LogP) is 1.45. The number of rotatable bonds is 0. The maximum absolute atomic E-state index is 11.3. The Morgan fingerprint density at radius 1 is 0.625 bits per heavy atom. The number of benzene rings is 1. The minimum Gasteiger partial charge on any atom is -0.316 e. The van der Waals surface area contributed by atoms with E-state index in [9.17, 15) is 9.59 Å². The summed E-state index contributed by atoms with van der Waals surface area (Å²) in [7, 11) is 0. The third-order valence-electron chi connectivity index (χ3n) is 3.37. The molecule has 0 aliphatic carbocycles. The normalized spacial score (nSPS) is 11.0. The van der Waals surface area contributed by atoms with Crippen LogP contribution in [0.25, 0.3) is 11.0 Å². The molecule has 0 saturated carbocycles. The summed E-state index contributed by atoms with van der Waals surface area (Å²) < 4.78 is 0. The van der Waals surface area contributed by atoms with E-state index in [0.29, 0.717) is 0 Å². The standard InChI is InChI=1S/C12H14N2O2/c1-5-6(2)8(4)10-9(7(5)3)13-11(15)12(16)14-10/h1-4H3,(H,13,15)(H,14,16). The van der Waals surface area contributed by atoms with Gasteiger partial charge in [-0.15, -0.1) is 0 Å². The van der Waals surface area contributed by atoms with Crippen molar-refractivity contribution in [2.24, 2.45) is 0 Å². The number of aromatic nitrogens is 2. The van der Waals surface area contributed by atoms with Gasteiger partial charge in [-0.3, -0.25) is 9.59 Å². The van der Waals surface area contributed by atoms with Crippen LogP contribution < -0.4 is 11.1 Å². The molecule has 0 radical (unpaired) electrons. The van der Waals surface area contributed by atoms with E-state index in [1.807, 2.05) is 27.7 Å². The van der Waals surface area contributed by atoms with E-state index in [4.69, 9.17) is 0 Å². The molecule has 0 aliphatic rings. The number of aromatic amines is 2. The molecule has 2 N–H and O–H groups in total. The van der Waals surface area contributed by atoms with Crippen molar-refractivity contribution in [3.05, 3.63) is 43.0 Å². The van der Waals surface area contributed by atoms with Crippen LogP contribution in [0.2, 0.25) is 0 Å². The fraction of sp³-hybridized carbons (Fsp3) is 0.333. The summed E-state index contributed by atoms with van der Waals surface area (Å²) in [6.07, 6.45) is 0. The fourth-order valence-electron chi connectivity index (χ4n) is 1.97. The van der Waals surface area contributed by atoms with E-state index in [0.717, 1.165) is 33.3 Å². The number of fused-ring (bicyclic) bond motifs is 1. The Morgan fingerprint density at radius 2 is 0.938 bits per heavy atom. The Balaban J connectivity index is 3.15. The molecule has 0 spiro atoms. The third kappa shape index (κ3) is 1.30. The van der Waals surface area contributed by atoms with Crippen molar-refractivity contribution in [3.8, 4) is 0 Å². The highest BCUT2D eigenvalue weighted by Gasteiger charge is 2.10. The predicted molar refractivity (Wildman–Crippen MR) is 64.1 cm³/mol. The molecule has 1 aromatic carbocycles. The van der Waals surface area contributed by atoms with Crippen molar-refractivity contribution in [2.75, 3.05) is 0 Å². The van der Waals surface area contributed by atoms with E-state index in [1.54, 1.807) is 0 Å². The summed E-state index contributed by atoms with van der Waals surface area (Å²) in [5.41, 5.74) is 4.56. The summed E-state index contributed by atoms with van der Waals surface area (Å²) in [6.45, 7) is 7.91. The fourth-order valence-corrected chi connectivity index (χ4v) is 1.97. The van der Waals surface area contributed by atoms with E-state index >= 15 is 0 Å². The van der Waals surface area contributed by atoms with E-state index in [2.05, 4.69) is 9.97 Å². The van der Waals surface area contributed by atoms with Crippen molar-refractivity contribution >= 4 is 11.0 Å². The highest BCUT2D eigenvalue weighted by atomic mass is 16.2. The second-order valence-corrected chi connectivity index (χ2v) is 4.16. The van der Waals surface area contributed by atoms with Gasteiger partial charge < -0.3 is 9.97 Å². The van der Waals surface area contributed by atoms with Crippen molar-refractivity contribution in [1.29, 1.82) is 0 Å². The van der Waals surface area contributed by atoms with Crippen LogP contribution in [-0.4, -0.2) is 9.97 Å². The zero-order valence-electron chi connectivity index (χ0n) is 9.82. The van der Waals surface area contributed by atoms with Gasteiger partial charge in [0.15, 0.2) is 0 Å². The lowest BCUT2D eigenvalue weighted by Gasteiger charge is -2.12. The van der Waals surface area contributed by atoms with Gasteiger partial charge in [0.2, 0.25) is 0 Å². The van der Waals surface area contributed by atoms with Crippen LogP contribution in [-0.2, 0) is 0 Å². The first-order chi connectivity index (χ1) is 7.43. The van der Waals surface area contributed by atoms with Gasteiger partial charge in [-0.25, -0.2) is 0 Å². The molecule has 1 heterocycles. The van der Waals surface area contributed by atoms with Gasteiger partial charge in [-0.05, 0) is 49.9 Å². The SMILES string of the molecule is Cc1c(C)c(C)c2[nH]c(=O)c(=O)[nH]c2c1C. The molecule has 2 rings (SSSR count). The van der Waals surface area contributed by atoms with E-state index in [-0.39, 0.29) is 0 Å². The second-order valence-electron chi connectivity index (χ2n) is 4.16. The molecule has 0 aliphatic heterocycles. The Labute approximate surface area is 92.3 Å². The summed E-state index contributed by atoms with van der Waals surface area (Å²) in [5, 5.41) is 0. The first-order valence-corrected chi connectivity index (χ1v) is 5.16. The Hall–Kier alpha value is -1.84. The van der Waals surface area contributed by atoms with Gasteiger partial charge in [-0.2, -0.15) is 0 Å². The van der Waals surface area contributed by atoms with Crippen molar-refractivity contribution < 1.29 is 0 Å². The van der Waals surface area contributed by atoms with Gasteiger partial charge in [-0.1, -0.05) is 0 Å². The maximum atomic E-state index is 11.3. The van der Waals surface area contributed by atoms with Gasteiger partial charge in [0.05, 0.1) is 11.0 Å². The topological polar surface area (TPSA) is 65.7 Å². The largest absolute Gasteiger partial charge is 0.316 e. The molecule has 0 unspecified atom stereocenters. The van der Waals surface area contributed by atoms with Crippen LogP contribution in [0.5, 0.6) is 0 Å². The Kier molecular flexibility index (Phi) is 2.22. The minimum absolute atomic E-state index is 0.599. The number of hydrogen-bond acceptors (Lipinski definition) is 2. The molecular weight excluding hydrogens is 204 g/mol. The van der Waals surface area contributed by atoms with Crippen LogP contribution in [0.1, 0.15) is 22.3 Å². The van der Waals surface area contributed by atoms with Crippen LogP contribution in [0, 0.1) is 27.7 Å². The molecule has 4 nitrogen and oxygen atoms in total. The Morgan fingerprint density at radius 3 is 1.25 bits per heavy atom. The molecule has 4 heteroatoms. The van der Waals surface area contributed by atoms with Gasteiger partial charge in [0, 0.05) is 0 Å². The van der Waals surface area contributed by atoms with Crippen LogP contribution in [0.4, 0.5) is 0 Å². The molecule has 0 amide bonds. The van der Waals surface area contributed by atoms with E-state index < -0.39 is 11.1 Å². The molecule has 2 aromatic rings. The molecule has 0 saturated heterocycles. The number of H-pyrrole nitrogens is 2. The van der Waals surface area contributed by atoms with E-state index in [1.165, 1.54) is 0 Å². The molecule has 0 atom stereocenters. The minimum atomic E-state index is -0.599. The second kappa shape index (κ2) is 3.33. The number of hydrogen-bond donors (Lipinski definition) is 2. The summed E-state index contributed by atoms with van der Waals surface area (Å²) >= 11 is 0. The highest BCUT2D eigenvalue weighted by Crippen LogP contribution is 2.24. The summed E-state index contributed by atoms with van der Waals surface area (Å²) in [6, 6.07) is 0. The smallest absolute Gasteiger partial charge is 0.314 e. The molecule has 1 aromatic heterocycles. The maximum Gasteiger partial charge on any atom is 0.314 e. The van der Waals surface area contributed by atoms with Crippen molar-refractivity contribution in [2.45, 2.75) is 27.7 Å². The highest BCUT2D eigenvalue weighted by molar-refractivity contribution is 5.83. The first-order valence-electron chi connectivity index (χ1n) is 5.16. The average molecular weight is 218 g/mol. The quantitative estimate of drug-likeness (QED) is 0.657. The lowest BCUT2D eigenvalue weighted by molar-refractivity contribution is 1.11. The van der Waals surface area contributed by atoms with Crippen molar-refractivity contribution in [3.63, 3.8) is 0 Å². The zero-order valence-corrected chi connectivity index (χ0v) is 9.82. The zero-order chi connectivity index (χ0) is 12.0. The Bertz CT molecular complexity index is 632. The summed E-state index contributed by atoms with van der Waals surface area (Å²) in [5.74, 6) is 0. The molecular formula is C12H14N2O2. The first kappa shape index (κ1) is 10.7. The molecule has 0 bridgehead atoms. The molecule has 16 heavy (non-hydrogen) atoms.